The van der Waals surface area contributed by atoms with Crippen LogP contribution in [0.4, 0.5) is 0 Å². The van der Waals surface area contributed by atoms with E-state index in [1.54, 1.807) is 12.1 Å². The summed E-state index contributed by atoms with van der Waals surface area (Å²) < 4.78 is 0. The largest absolute Gasteiger partial charge is 0.411 e. The van der Waals surface area contributed by atoms with Gasteiger partial charge < -0.3 is 10.5 Å². The van der Waals surface area contributed by atoms with Crippen molar-refractivity contribution in [1.29, 1.82) is 0 Å². The van der Waals surface area contributed by atoms with Crippen LogP contribution in [0.15, 0.2) is 29.4 Å². The minimum absolute atomic E-state index is 0.0857. The van der Waals surface area contributed by atoms with Crippen molar-refractivity contribution in [1.82, 2.24) is 5.32 Å². The standard InChI is InChI=1S/C14H18N2O2/c17-14(16-12-7-2-1-3-8-12)13-9-5-4-6-11(13)10-15-18/h4-6,9-10,12,18H,1-3,7-8H2,(H,16,17)/b15-10+. The van der Waals surface area contributed by atoms with Crippen LogP contribution in [0.25, 0.3) is 0 Å². The van der Waals surface area contributed by atoms with Crippen LogP contribution in [-0.4, -0.2) is 23.4 Å². The highest BCUT2D eigenvalue weighted by molar-refractivity contribution is 6.02. The Morgan fingerprint density at radius 3 is 2.72 bits per heavy atom. The summed E-state index contributed by atoms with van der Waals surface area (Å²) in [4.78, 5) is 12.2. The first-order valence-electron chi connectivity index (χ1n) is 6.38. The third-order valence-electron chi connectivity index (χ3n) is 3.34. The van der Waals surface area contributed by atoms with Crippen molar-refractivity contribution in [3.8, 4) is 0 Å². The Morgan fingerprint density at radius 2 is 2.00 bits per heavy atom. The molecule has 18 heavy (non-hydrogen) atoms. The molecule has 0 unspecified atom stereocenters. The number of hydrogen-bond donors (Lipinski definition) is 2. The molecule has 4 heteroatoms. The fraction of sp³-hybridized carbons (Fsp3) is 0.429. The monoisotopic (exact) mass is 246 g/mol. The maximum atomic E-state index is 12.2. The minimum atomic E-state index is -0.0857. The van der Waals surface area contributed by atoms with Crippen molar-refractivity contribution in [2.75, 3.05) is 0 Å². The molecule has 96 valence electrons. The fourth-order valence-electron chi connectivity index (χ4n) is 2.39. The number of amides is 1. The minimum Gasteiger partial charge on any atom is -0.411 e. The van der Waals surface area contributed by atoms with Crippen LogP contribution >= 0.6 is 0 Å². The molecule has 1 aromatic carbocycles. The van der Waals surface area contributed by atoms with Crippen LogP contribution in [0.5, 0.6) is 0 Å². The van der Waals surface area contributed by atoms with Gasteiger partial charge in [0.2, 0.25) is 0 Å². The van der Waals surface area contributed by atoms with Gasteiger partial charge in [0, 0.05) is 17.2 Å². The van der Waals surface area contributed by atoms with Gasteiger partial charge in [-0.15, -0.1) is 0 Å². The van der Waals surface area contributed by atoms with Crippen LogP contribution in [0, 0.1) is 0 Å². The molecule has 0 aromatic heterocycles. The van der Waals surface area contributed by atoms with Crippen molar-refractivity contribution < 1.29 is 10.0 Å². The zero-order chi connectivity index (χ0) is 12.8. The molecule has 1 aromatic rings. The molecule has 0 aliphatic heterocycles. The first-order chi connectivity index (χ1) is 8.81. The summed E-state index contributed by atoms with van der Waals surface area (Å²) in [6, 6.07) is 7.41. The lowest BCUT2D eigenvalue weighted by Crippen LogP contribution is -2.36. The van der Waals surface area contributed by atoms with E-state index in [-0.39, 0.29) is 11.9 Å². The normalized spacial score (nSPS) is 16.9. The van der Waals surface area contributed by atoms with E-state index in [2.05, 4.69) is 10.5 Å². The van der Waals surface area contributed by atoms with E-state index in [9.17, 15) is 4.79 Å². The average Bonchev–Trinajstić information content (AvgIpc) is 2.41. The molecule has 2 N–H and O–H groups in total. The SMILES string of the molecule is O=C(NC1CCCCC1)c1ccccc1/C=N/O. The Bertz CT molecular complexity index is 437. The average molecular weight is 246 g/mol. The highest BCUT2D eigenvalue weighted by Gasteiger charge is 2.17. The third kappa shape index (κ3) is 3.09. The van der Waals surface area contributed by atoms with E-state index in [1.807, 2.05) is 12.1 Å². The number of hydrogen-bond acceptors (Lipinski definition) is 3. The Morgan fingerprint density at radius 1 is 1.28 bits per heavy atom. The van der Waals surface area contributed by atoms with Gasteiger partial charge >= 0.3 is 0 Å². The molecule has 2 rings (SSSR count). The van der Waals surface area contributed by atoms with Crippen molar-refractivity contribution in [2.45, 2.75) is 38.1 Å². The smallest absolute Gasteiger partial charge is 0.252 e. The van der Waals surface area contributed by atoms with E-state index >= 15 is 0 Å². The summed E-state index contributed by atoms with van der Waals surface area (Å²) in [6.45, 7) is 0. The maximum absolute atomic E-state index is 12.2. The Kier molecular flexibility index (Phi) is 4.34. The predicted octanol–water partition coefficient (Wildman–Crippen LogP) is 2.56. The lowest BCUT2D eigenvalue weighted by atomic mass is 9.95. The van der Waals surface area contributed by atoms with Gasteiger partial charge in [0.25, 0.3) is 5.91 Å². The molecular weight excluding hydrogens is 228 g/mol. The quantitative estimate of drug-likeness (QED) is 0.489. The lowest BCUT2D eigenvalue weighted by molar-refractivity contribution is 0.0927. The lowest BCUT2D eigenvalue weighted by Gasteiger charge is -2.23. The summed E-state index contributed by atoms with van der Waals surface area (Å²) in [5.74, 6) is -0.0857. The number of benzene rings is 1. The Labute approximate surface area is 107 Å². The first-order valence-corrected chi connectivity index (χ1v) is 6.38. The molecule has 4 nitrogen and oxygen atoms in total. The van der Waals surface area contributed by atoms with Gasteiger partial charge in [-0.3, -0.25) is 4.79 Å². The molecule has 1 amide bonds. The summed E-state index contributed by atoms with van der Waals surface area (Å²) in [5, 5.41) is 14.6. The second-order valence-corrected chi connectivity index (χ2v) is 4.64. The van der Waals surface area contributed by atoms with Gasteiger partial charge in [-0.05, 0) is 18.9 Å². The molecule has 1 aliphatic carbocycles. The van der Waals surface area contributed by atoms with Crippen LogP contribution in [-0.2, 0) is 0 Å². The maximum Gasteiger partial charge on any atom is 0.252 e. The van der Waals surface area contributed by atoms with Crippen LogP contribution in [0.3, 0.4) is 0 Å². The number of oxime groups is 1. The van der Waals surface area contributed by atoms with Gasteiger partial charge in [0.1, 0.15) is 0 Å². The molecule has 0 saturated heterocycles. The van der Waals surface area contributed by atoms with E-state index in [4.69, 9.17) is 5.21 Å². The molecule has 0 heterocycles. The Hall–Kier alpha value is -1.84. The molecule has 1 fully saturated rings. The second-order valence-electron chi connectivity index (χ2n) is 4.64. The second kappa shape index (κ2) is 6.19. The summed E-state index contributed by atoms with van der Waals surface area (Å²) in [7, 11) is 0. The number of carbonyl (C=O) groups excluding carboxylic acids is 1. The molecular formula is C14H18N2O2. The van der Waals surface area contributed by atoms with Crippen LogP contribution in [0.1, 0.15) is 48.0 Å². The van der Waals surface area contributed by atoms with E-state index in [1.165, 1.54) is 25.5 Å². The number of nitrogens with one attached hydrogen (secondary N) is 1. The highest BCUT2D eigenvalue weighted by Crippen LogP contribution is 2.18. The molecule has 0 atom stereocenters. The molecule has 1 aliphatic rings. The third-order valence-corrected chi connectivity index (χ3v) is 3.34. The van der Waals surface area contributed by atoms with E-state index in [0.717, 1.165) is 12.8 Å². The van der Waals surface area contributed by atoms with E-state index in [0.29, 0.717) is 11.1 Å². The van der Waals surface area contributed by atoms with Crippen molar-refractivity contribution in [3.63, 3.8) is 0 Å². The molecule has 0 radical (unpaired) electrons. The zero-order valence-corrected chi connectivity index (χ0v) is 10.3. The number of nitrogens with zero attached hydrogens (tertiary/aromatic N) is 1. The summed E-state index contributed by atoms with van der Waals surface area (Å²) >= 11 is 0. The number of carbonyl (C=O) groups is 1. The van der Waals surface area contributed by atoms with Crippen molar-refractivity contribution >= 4 is 12.1 Å². The summed E-state index contributed by atoms with van der Waals surface area (Å²) in [5.41, 5.74) is 1.19. The van der Waals surface area contributed by atoms with Gasteiger partial charge in [-0.1, -0.05) is 42.6 Å². The molecule has 0 bridgehead atoms. The first kappa shape index (κ1) is 12.6. The Balaban J connectivity index is 2.08. The predicted molar refractivity (Wildman–Crippen MR) is 70.2 cm³/mol. The van der Waals surface area contributed by atoms with Gasteiger partial charge in [0.05, 0.1) is 6.21 Å². The van der Waals surface area contributed by atoms with Crippen LogP contribution in [0.2, 0.25) is 0 Å². The number of rotatable bonds is 3. The fourth-order valence-corrected chi connectivity index (χ4v) is 2.39. The molecule has 0 spiro atoms. The van der Waals surface area contributed by atoms with Crippen molar-refractivity contribution in [3.05, 3.63) is 35.4 Å². The van der Waals surface area contributed by atoms with E-state index < -0.39 is 0 Å². The topological polar surface area (TPSA) is 61.7 Å². The van der Waals surface area contributed by atoms with Gasteiger partial charge in [-0.25, -0.2) is 0 Å². The van der Waals surface area contributed by atoms with Crippen LogP contribution < -0.4 is 5.32 Å². The zero-order valence-electron chi connectivity index (χ0n) is 10.3. The highest BCUT2D eigenvalue weighted by atomic mass is 16.4. The van der Waals surface area contributed by atoms with Crippen molar-refractivity contribution in [2.24, 2.45) is 5.16 Å². The summed E-state index contributed by atoms with van der Waals surface area (Å²) in [6.07, 6.45) is 7.04. The molecule has 1 saturated carbocycles. The van der Waals surface area contributed by atoms with Gasteiger partial charge in [-0.2, -0.15) is 0 Å². The van der Waals surface area contributed by atoms with Gasteiger partial charge in [0.15, 0.2) is 0 Å².